The average Bonchev–Trinajstić information content (AvgIpc) is 2.99. The topological polar surface area (TPSA) is 40.7 Å². The molecule has 2 N–H and O–H groups in total. The molecule has 1 saturated heterocycles. The minimum atomic E-state index is 0.376. The maximum atomic E-state index is 5.94. The smallest absolute Gasteiger partial charge is 0.0872 e. The van der Waals surface area contributed by atoms with E-state index in [4.69, 9.17) is 11.6 Å². The summed E-state index contributed by atoms with van der Waals surface area (Å²) in [5.74, 6) is 0. The van der Waals surface area contributed by atoms with Crippen molar-refractivity contribution in [1.82, 2.24) is 15.5 Å². The van der Waals surface area contributed by atoms with Crippen molar-refractivity contribution in [2.75, 3.05) is 6.54 Å². The van der Waals surface area contributed by atoms with Crippen LogP contribution in [0.5, 0.6) is 0 Å². The Labute approximate surface area is 112 Å². The number of nitrogens with one attached hydrogen (secondary N) is 2. The molecular weight excluding hydrogens is 246 g/mol. The van der Waals surface area contributed by atoms with Crippen LogP contribution in [0.4, 0.5) is 0 Å². The van der Waals surface area contributed by atoms with Crippen molar-refractivity contribution in [3.8, 4) is 11.1 Å². The highest BCUT2D eigenvalue weighted by molar-refractivity contribution is 6.30. The van der Waals surface area contributed by atoms with Crippen LogP contribution in [0.3, 0.4) is 0 Å². The van der Waals surface area contributed by atoms with Crippen LogP contribution in [0, 0.1) is 6.92 Å². The van der Waals surface area contributed by atoms with Gasteiger partial charge >= 0.3 is 0 Å². The lowest BCUT2D eigenvalue weighted by Gasteiger charge is -2.10. The third kappa shape index (κ3) is 2.04. The van der Waals surface area contributed by atoms with E-state index in [-0.39, 0.29) is 0 Å². The van der Waals surface area contributed by atoms with Gasteiger partial charge in [-0.25, -0.2) is 0 Å². The van der Waals surface area contributed by atoms with E-state index in [1.54, 1.807) is 0 Å². The Balaban J connectivity index is 2.04. The summed E-state index contributed by atoms with van der Waals surface area (Å²) in [6.07, 6.45) is 2.38. The van der Waals surface area contributed by atoms with Crippen molar-refractivity contribution >= 4 is 11.6 Å². The monoisotopic (exact) mass is 261 g/mol. The summed E-state index contributed by atoms with van der Waals surface area (Å²) in [4.78, 5) is 0. The summed E-state index contributed by atoms with van der Waals surface area (Å²) >= 11 is 5.94. The van der Waals surface area contributed by atoms with Gasteiger partial charge in [0.25, 0.3) is 0 Å². The van der Waals surface area contributed by atoms with Crippen molar-refractivity contribution in [2.45, 2.75) is 25.8 Å². The molecule has 0 bridgehead atoms. The first-order valence-corrected chi connectivity index (χ1v) is 6.67. The first kappa shape index (κ1) is 11.8. The minimum Gasteiger partial charge on any atom is -0.309 e. The van der Waals surface area contributed by atoms with Crippen LogP contribution in [-0.2, 0) is 0 Å². The molecule has 0 saturated carbocycles. The Morgan fingerprint density at radius 2 is 2.06 bits per heavy atom. The molecular formula is C14H16ClN3. The molecule has 18 heavy (non-hydrogen) atoms. The summed E-state index contributed by atoms with van der Waals surface area (Å²) in [6.45, 7) is 3.14. The second-order valence-corrected chi connectivity index (χ2v) is 5.20. The fraction of sp³-hybridized carbons (Fsp3) is 0.357. The predicted molar refractivity (Wildman–Crippen MR) is 73.7 cm³/mol. The molecule has 1 unspecified atom stereocenters. The van der Waals surface area contributed by atoms with Gasteiger partial charge in [-0.1, -0.05) is 23.7 Å². The fourth-order valence-corrected chi connectivity index (χ4v) is 2.73. The van der Waals surface area contributed by atoms with E-state index in [1.807, 2.05) is 12.1 Å². The maximum absolute atomic E-state index is 5.94. The lowest BCUT2D eigenvalue weighted by atomic mass is 9.99. The van der Waals surface area contributed by atoms with Crippen LogP contribution in [0.1, 0.15) is 30.3 Å². The standard InChI is InChI=1S/C14H16ClN3/c1-9-13(10-4-6-11(15)7-5-10)14(18-17-9)12-3-2-8-16-12/h4-7,12,16H,2-3,8H2,1H3,(H,17,18). The normalized spacial score (nSPS) is 19.3. The number of hydrogen-bond donors (Lipinski definition) is 2. The molecule has 1 aromatic carbocycles. The number of halogens is 1. The molecule has 3 nitrogen and oxygen atoms in total. The fourth-order valence-electron chi connectivity index (χ4n) is 2.60. The lowest BCUT2D eigenvalue weighted by Crippen LogP contribution is -2.14. The van der Waals surface area contributed by atoms with Gasteiger partial charge in [0.05, 0.1) is 11.7 Å². The van der Waals surface area contributed by atoms with E-state index in [0.717, 1.165) is 29.4 Å². The van der Waals surface area contributed by atoms with Crippen molar-refractivity contribution in [3.63, 3.8) is 0 Å². The molecule has 2 heterocycles. The van der Waals surface area contributed by atoms with Gasteiger partial charge in [-0.2, -0.15) is 5.10 Å². The zero-order chi connectivity index (χ0) is 12.5. The Morgan fingerprint density at radius 3 is 2.72 bits per heavy atom. The largest absolute Gasteiger partial charge is 0.309 e. The van der Waals surface area contributed by atoms with Crippen LogP contribution in [-0.4, -0.2) is 16.7 Å². The first-order chi connectivity index (χ1) is 8.75. The summed E-state index contributed by atoms with van der Waals surface area (Å²) in [7, 11) is 0. The molecule has 0 amide bonds. The van der Waals surface area contributed by atoms with Gasteiger partial charge in [0, 0.05) is 16.3 Å². The Kier molecular flexibility index (Phi) is 3.10. The van der Waals surface area contributed by atoms with Crippen molar-refractivity contribution < 1.29 is 0 Å². The molecule has 2 aromatic rings. The zero-order valence-electron chi connectivity index (χ0n) is 10.3. The Morgan fingerprint density at radius 1 is 1.28 bits per heavy atom. The van der Waals surface area contributed by atoms with E-state index in [9.17, 15) is 0 Å². The maximum Gasteiger partial charge on any atom is 0.0872 e. The van der Waals surface area contributed by atoms with Gasteiger partial charge in [0.2, 0.25) is 0 Å². The molecule has 1 aromatic heterocycles. The first-order valence-electron chi connectivity index (χ1n) is 6.30. The molecule has 94 valence electrons. The number of rotatable bonds is 2. The van der Waals surface area contributed by atoms with Crippen LogP contribution < -0.4 is 5.32 Å². The average molecular weight is 262 g/mol. The molecule has 1 atom stereocenters. The molecule has 1 aliphatic heterocycles. The lowest BCUT2D eigenvalue weighted by molar-refractivity contribution is 0.626. The summed E-state index contributed by atoms with van der Waals surface area (Å²) in [6, 6.07) is 8.34. The second kappa shape index (κ2) is 4.75. The number of aryl methyl sites for hydroxylation is 1. The summed E-state index contributed by atoms with van der Waals surface area (Å²) < 4.78 is 0. The molecule has 1 aliphatic rings. The van der Waals surface area contributed by atoms with E-state index < -0.39 is 0 Å². The predicted octanol–water partition coefficient (Wildman–Crippen LogP) is 3.46. The highest BCUT2D eigenvalue weighted by atomic mass is 35.5. The zero-order valence-corrected chi connectivity index (χ0v) is 11.1. The van der Waals surface area contributed by atoms with Crippen LogP contribution in [0.15, 0.2) is 24.3 Å². The van der Waals surface area contributed by atoms with E-state index >= 15 is 0 Å². The quantitative estimate of drug-likeness (QED) is 0.869. The van der Waals surface area contributed by atoms with E-state index in [1.165, 1.54) is 17.5 Å². The number of hydrogen-bond acceptors (Lipinski definition) is 2. The molecule has 0 radical (unpaired) electrons. The van der Waals surface area contributed by atoms with Gasteiger partial charge in [-0.05, 0) is 44.0 Å². The molecule has 1 fully saturated rings. The van der Waals surface area contributed by atoms with E-state index in [0.29, 0.717) is 6.04 Å². The summed E-state index contributed by atoms with van der Waals surface area (Å²) in [5.41, 5.74) is 4.63. The van der Waals surface area contributed by atoms with Crippen LogP contribution in [0.2, 0.25) is 5.02 Å². The highest BCUT2D eigenvalue weighted by Gasteiger charge is 2.23. The Hall–Kier alpha value is -1.32. The minimum absolute atomic E-state index is 0.376. The van der Waals surface area contributed by atoms with Gasteiger partial charge in [0.1, 0.15) is 0 Å². The van der Waals surface area contributed by atoms with Gasteiger partial charge in [-0.15, -0.1) is 0 Å². The number of aromatic nitrogens is 2. The number of benzene rings is 1. The molecule has 0 spiro atoms. The third-order valence-corrected chi connectivity index (χ3v) is 3.75. The van der Waals surface area contributed by atoms with Gasteiger partial charge < -0.3 is 5.32 Å². The Bertz CT molecular complexity index is 539. The molecule has 0 aliphatic carbocycles. The van der Waals surface area contributed by atoms with E-state index in [2.05, 4.69) is 34.6 Å². The van der Waals surface area contributed by atoms with Crippen LogP contribution >= 0.6 is 11.6 Å². The molecule has 4 heteroatoms. The number of nitrogens with zero attached hydrogens (tertiary/aromatic N) is 1. The van der Waals surface area contributed by atoms with Crippen molar-refractivity contribution in [2.24, 2.45) is 0 Å². The second-order valence-electron chi connectivity index (χ2n) is 4.76. The van der Waals surface area contributed by atoms with Crippen molar-refractivity contribution in [1.29, 1.82) is 0 Å². The van der Waals surface area contributed by atoms with Gasteiger partial charge in [0.15, 0.2) is 0 Å². The van der Waals surface area contributed by atoms with Crippen LogP contribution in [0.25, 0.3) is 11.1 Å². The van der Waals surface area contributed by atoms with Gasteiger partial charge in [-0.3, -0.25) is 5.10 Å². The van der Waals surface area contributed by atoms with Crippen molar-refractivity contribution in [3.05, 3.63) is 40.7 Å². The molecule has 3 rings (SSSR count). The SMILES string of the molecule is Cc1[nH]nc(C2CCCN2)c1-c1ccc(Cl)cc1. The highest BCUT2D eigenvalue weighted by Crippen LogP contribution is 2.33. The number of H-pyrrole nitrogens is 1. The summed E-state index contributed by atoms with van der Waals surface area (Å²) in [5, 5.41) is 11.8. The third-order valence-electron chi connectivity index (χ3n) is 3.50. The number of aromatic amines is 1.